The van der Waals surface area contributed by atoms with Crippen LogP contribution in [0.2, 0.25) is 5.02 Å². The van der Waals surface area contributed by atoms with Gasteiger partial charge in [-0.2, -0.15) is 5.10 Å². The van der Waals surface area contributed by atoms with Crippen molar-refractivity contribution < 1.29 is 0 Å². The van der Waals surface area contributed by atoms with E-state index in [9.17, 15) is 0 Å². The second kappa shape index (κ2) is 6.06. The summed E-state index contributed by atoms with van der Waals surface area (Å²) in [6.45, 7) is 5.88. The van der Waals surface area contributed by atoms with Gasteiger partial charge in [-0.25, -0.2) is 4.98 Å². The van der Waals surface area contributed by atoms with Crippen LogP contribution in [-0.4, -0.2) is 26.7 Å². The SMILES string of the molecule is CCc1nnc(N2CCc3[nH]c4ccc(Cl)cc4c3C2)nc1CC. The number of hydrogen-bond acceptors (Lipinski definition) is 4. The molecule has 124 valence electrons. The maximum Gasteiger partial charge on any atom is 0.245 e. The topological polar surface area (TPSA) is 57.7 Å². The van der Waals surface area contributed by atoms with Crippen LogP contribution < -0.4 is 4.90 Å². The van der Waals surface area contributed by atoms with Gasteiger partial charge in [-0.1, -0.05) is 25.4 Å². The highest BCUT2D eigenvalue weighted by molar-refractivity contribution is 6.31. The van der Waals surface area contributed by atoms with Crippen molar-refractivity contribution >= 4 is 28.5 Å². The maximum atomic E-state index is 6.18. The van der Waals surface area contributed by atoms with Crippen molar-refractivity contribution in [3.8, 4) is 0 Å². The number of aryl methyl sites for hydroxylation is 2. The summed E-state index contributed by atoms with van der Waals surface area (Å²) in [6.07, 6.45) is 2.70. The van der Waals surface area contributed by atoms with Gasteiger partial charge in [0.15, 0.2) is 0 Å². The Morgan fingerprint density at radius 2 is 2.00 bits per heavy atom. The summed E-state index contributed by atoms with van der Waals surface area (Å²) in [5.41, 5.74) is 5.77. The van der Waals surface area contributed by atoms with E-state index >= 15 is 0 Å². The fourth-order valence-electron chi connectivity index (χ4n) is 3.42. The molecule has 5 nitrogen and oxygen atoms in total. The summed E-state index contributed by atoms with van der Waals surface area (Å²) >= 11 is 6.18. The van der Waals surface area contributed by atoms with E-state index < -0.39 is 0 Å². The van der Waals surface area contributed by atoms with Gasteiger partial charge < -0.3 is 9.88 Å². The fraction of sp³-hybridized carbons (Fsp3) is 0.389. The Balaban J connectivity index is 1.71. The minimum atomic E-state index is 0.728. The molecule has 0 atom stereocenters. The van der Waals surface area contributed by atoms with Gasteiger partial charge in [0.05, 0.1) is 11.4 Å². The van der Waals surface area contributed by atoms with E-state index in [1.807, 2.05) is 18.2 Å². The highest BCUT2D eigenvalue weighted by Gasteiger charge is 2.23. The average molecular weight is 342 g/mol. The quantitative estimate of drug-likeness (QED) is 0.789. The molecule has 4 rings (SSSR count). The lowest BCUT2D eigenvalue weighted by molar-refractivity contribution is 0.680. The van der Waals surface area contributed by atoms with E-state index in [2.05, 4.69) is 33.9 Å². The lowest BCUT2D eigenvalue weighted by Crippen LogP contribution is -2.32. The molecule has 0 amide bonds. The summed E-state index contributed by atoms with van der Waals surface area (Å²) in [6, 6.07) is 6.00. The van der Waals surface area contributed by atoms with Crippen LogP contribution in [0, 0.1) is 0 Å². The summed E-state index contributed by atoms with van der Waals surface area (Å²) in [5.74, 6) is 0.728. The number of halogens is 1. The Morgan fingerprint density at radius 3 is 2.79 bits per heavy atom. The molecule has 0 unspecified atom stereocenters. The largest absolute Gasteiger partial charge is 0.358 e. The Hall–Kier alpha value is -2.14. The van der Waals surface area contributed by atoms with Crippen molar-refractivity contribution in [3.05, 3.63) is 45.9 Å². The van der Waals surface area contributed by atoms with E-state index in [0.717, 1.165) is 60.2 Å². The van der Waals surface area contributed by atoms with Crippen LogP contribution in [0.25, 0.3) is 10.9 Å². The van der Waals surface area contributed by atoms with E-state index in [0.29, 0.717) is 0 Å². The van der Waals surface area contributed by atoms with Crippen molar-refractivity contribution in [1.29, 1.82) is 0 Å². The van der Waals surface area contributed by atoms with Crippen molar-refractivity contribution in [3.63, 3.8) is 0 Å². The number of rotatable bonds is 3. The Kier molecular flexibility index (Phi) is 3.88. The predicted molar refractivity (Wildman–Crippen MR) is 96.6 cm³/mol. The molecule has 24 heavy (non-hydrogen) atoms. The smallest absolute Gasteiger partial charge is 0.245 e. The molecule has 2 aromatic heterocycles. The molecule has 0 saturated carbocycles. The van der Waals surface area contributed by atoms with Crippen molar-refractivity contribution in [2.24, 2.45) is 0 Å². The molecule has 0 spiro atoms. The number of H-pyrrole nitrogens is 1. The van der Waals surface area contributed by atoms with Crippen LogP contribution in [0.1, 0.15) is 36.5 Å². The lowest BCUT2D eigenvalue weighted by atomic mass is 10.0. The number of hydrogen-bond donors (Lipinski definition) is 1. The van der Waals surface area contributed by atoms with Crippen LogP contribution in [0.15, 0.2) is 18.2 Å². The normalized spacial score (nSPS) is 14.2. The molecule has 1 aromatic carbocycles. The van der Waals surface area contributed by atoms with Crippen molar-refractivity contribution in [2.75, 3.05) is 11.4 Å². The van der Waals surface area contributed by atoms with Crippen LogP contribution in [-0.2, 0) is 25.8 Å². The second-order valence-electron chi connectivity index (χ2n) is 6.16. The molecule has 6 heteroatoms. The van der Waals surface area contributed by atoms with Gasteiger partial charge in [0, 0.05) is 46.7 Å². The number of aromatic amines is 1. The van der Waals surface area contributed by atoms with E-state index in [1.54, 1.807) is 0 Å². The molecule has 0 saturated heterocycles. The average Bonchev–Trinajstić information content (AvgIpc) is 2.98. The number of fused-ring (bicyclic) bond motifs is 3. The zero-order valence-corrected chi connectivity index (χ0v) is 14.7. The molecule has 0 bridgehead atoms. The number of anilines is 1. The number of aromatic nitrogens is 4. The van der Waals surface area contributed by atoms with Crippen molar-refractivity contribution in [1.82, 2.24) is 20.2 Å². The molecular weight excluding hydrogens is 322 g/mol. The van der Waals surface area contributed by atoms with Crippen LogP contribution in [0.4, 0.5) is 5.95 Å². The molecule has 1 aliphatic heterocycles. The first-order valence-electron chi connectivity index (χ1n) is 8.46. The monoisotopic (exact) mass is 341 g/mol. The molecule has 0 radical (unpaired) electrons. The molecule has 3 aromatic rings. The molecule has 0 fully saturated rings. The van der Waals surface area contributed by atoms with Gasteiger partial charge in [0.2, 0.25) is 5.95 Å². The molecule has 1 N–H and O–H groups in total. The summed E-state index contributed by atoms with van der Waals surface area (Å²) < 4.78 is 0. The van der Waals surface area contributed by atoms with Gasteiger partial charge in [-0.3, -0.25) is 0 Å². The molecular formula is C18H20ClN5. The Labute approximate surface area is 146 Å². The summed E-state index contributed by atoms with van der Waals surface area (Å²) in [7, 11) is 0. The Morgan fingerprint density at radius 1 is 1.17 bits per heavy atom. The lowest BCUT2D eigenvalue weighted by Gasteiger charge is -2.27. The van der Waals surface area contributed by atoms with Gasteiger partial charge in [-0.15, -0.1) is 5.10 Å². The number of nitrogens with one attached hydrogen (secondary N) is 1. The van der Waals surface area contributed by atoms with Crippen LogP contribution >= 0.6 is 11.6 Å². The molecule has 1 aliphatic rings. The highest BCUT2D eigenvalue weighted by Crippen LogP contribution is 2.30. The predicted octanol–water partition coefficient (Wildman–Crippen LogP) is 3.69. The minimum absolute atomic E-state index is 0.728. The van der Waals surface area contributed by atoms with Crippen LogP contribution in [0.5, 0.6) is 0 Å². The van der Waals surface area contributed by atoms with E-state index in [4.69, 9.17) is 16.6 Å². The first kappa shape index (κ1) is 15.4. The first-order valence-corrected chi connectivity index (χ1v) is 8.83. The zero-order chi connectivity index (χ0) is 16.7. The third-order valence-electron chi connectivity index (χ3n) is 4.72. The highest BCUT2D eigenvalue weighted by atomic mass is 35.5. The van der Waals surface area contributed by atoms with E-state index in [1.165, 1.54) is 16.6 Å². The standard InChI is InChI=1S/C18H20ClN5/c1-3-14-15(4-2)22-23-18(21-14)24-8-7-17-13(10-24)12-9-11(19)5-6-16(12)20-17/h5-6,9,20H,3-4,7-8,10H2,1-2H3. The maximum absolute atomic E-state index is 6.18. The Bertz CT molecular complexity index is 902. The van der Waals surface area contributed by atoms with Gasteiger partial charge in [0.1, 0.15) is 0 Å². The number of nitrogens with zero attached hydrogens (tertiary/aromatic N) is 4. The third kappa shape index (κ3) is 2.53. The van der Waals surface area contributed by atoms with E-state index in [-0.39, 0.29) is 0 Å². The molecule has 3 heterocycles. The molecule has 0 aliphatic carbocycles. The van der Waals surface area contributed by atoms with Gasteiger partial charge in [0.25, 0.3) is 0 Å². The van der Waals surface area contributed by atoms with Crippen LogP contribution in [0.3, 0.4) is 0 Å². The van der Waals surface area contributed by atoms with Crippen molar-refractivity contribution in [2.45, 2.75) is 39.7 Å². The second-order valence-corrected chi connectivity index (χ2v) is 6.59. The van der Waals surface area contributed by atoms with Gasteiger partial charge >= 0.3 is 0 Å². The zero-order valence-electron chi connectivity index (χ0n) is 13.9. The third-order valence-corrected chi connectivity index (χ3v) is 4.95. The number of benzene rings is 1. The fourth-order valence-corrected chi connectivity index (χ4v) is 3.59. The first-order chi connectivity index (χ1) is 11.7. The minimum Gasteiger partial charge on any atom is -0.358 e. The van der Waals surface area contributed by atoms with Gasteiger partial charge in [-0.05, 0) is 31.0 Å². The summed E-state index contributed by atoms with van der Waals surface area (Å²) in [5, 5.41) is 10.7. The summed E-state index contributed by atoms with van der Waals surface area (Å²) in [4.78, 5) is 10.5.